The Balaban J connectivity index is 1.61. The number of benzene rings is 1. The van der Waals surface area contributed by atoms with E-state index in [0.717, 1.165) is 61.8 Å². The molecule has 2 aliphatic rings. The van der Waals surface area contributed by atoms with E-state index in [1.807, 2.05) is 44.3 Å². The minimum atomic E-state index is 0.0210. The first-order valence-corrected chi connectivity index (χ1v) is 10.5. The molecule has 4 aromatic rings. The van der Waals surface area contributed by atoms with Crippen LogP contribution >= 0.6 is 0 Å². The number of nitrogens with one attached hydrogen (secondary N) is 1. The molecule has 0 amide bonds. The number of nitrogens with zero attached hydrogens (tertiary/aromatic N) is 5. The summed E-state index contributed by atoms with van der Waals surface area (Å²) in [4.78, 5) is 13.1. The molecule has 0 aliphatic carbocycles. The highest BCUT2D eigenvalue weighted by Crippen LogP contribution is 2.41. The number of aryl methyl sites for hydroxylation is 3. The van der Waals surface area contributed by atoms with Gasteiger partial charge in [-0.1, -0.05) is 17.3 Å². The van der Waals surface area contributed by atoms with Gasteiger partial charge in [0.25, 0.3) is 0 Å². The summed E-state index contributed by atoms with van der Waals surface area (Å²) in [6.07, 6.45) is 10.2. The number of fused-ring (bicyclic) bond motifs is 4. The molecule has 2 atom stereocenters. The average Bonchev–Trinajstić information content (AvgIpc) is 3.46. The standard InChI is InChI=1S/C24H22N6O2/c1-12-21(13(2)32-29-12)16-9-18-15(10-20(16)31-4)22-23(26-14(3)27-24(22)28-18)17-11-25-30-8-6-5-7-19(17)30/h5-11,17,19H,1-4H3,(H,26,27,28). The molecule has 0 saturated carbocycles. The van der Waals surface area contributed by atoms with Crippen LogP contribution in [-0.2, 0) is 0 Å². The van der Waals surface area contributed by atoms with Crippen molar-refractivity contribution in [3.05, 3.63) is 59.5 Å². The van der Waals surface area contributed by atoms with Gasteiger partial charge in [0, 0.05) is 34.3 Å². The summed E-state index contributed by atoms with van der Waals surface area (Å²) in [5, 5.41) is 12.7. The molecule has 2 aliphatic heterocycles. The second kappa shape index (κ2) is 6.78. The molecule has 0 spiro atoms. The Labute approximate surface area is 184 Å². The molecule has 32 heavy (non-hydrogen) atoms. The number of aromatic amines is 1. The number of methoxy groups -OCH3 is 1. The lowest BCUT2D eigenvalue weighted by molar-refractivity contribution is 0.350. The SMILES string of the molecule is COc1cc2c(cc1-c1c(C)noc1C)[nH]c1nc(C)nc(C3C=NN4C=CC=CC34)c12. The van der Waals surface area contributed by atoms with Crippen molar-refractivity contribution in [3.8, 4) is 16.9 Å². The zero-order valence-electron chi connectivity index (χ0n) is 18.2. The number of H-pyrrole nitrogens is 1. The van der Waals surface area contributed by atoms with Crippen molar-refractivity contribution < 1.29 is 9.26 Å². The maximum atomic E-state index is 5.80. The Kier molecular flexibility index (Phi) is 3.98. The first-order chi connectivity index (χ1) is 15.5. The van der Waals surface area contributed by atoms with E-state index in [0.29, 0.717) is 0 Å². The molecule has 1 N–H and O–H groups in total. The van der Waals surface area contributed by atoms with E-state index in [4.69, 9.17) is 19.2 Å². The summed E-state index contributed by atoms with van der Waals surface area (Å²) in [5.41, 5.74) is 5.44. The van der Waals surface area contributed by atoms with Crippen molar-refractivity contribution in [2.75, 3.05) is 7.11 Å². The van der Waals surface area contributed by atoms with Crippen LogP contribution in [0.25, 0.3) is 33.1 Å². The third-order valence-corrected chi connectivity index (χ3v) is 6.22. The van der Waals surface area contributed by atoms with Crippen molar-refractivity contribution in [2.45, 2.75) is 32.7 Å². The minimum Gasteiger partial charge on any atom is -0.496 e. The van der Waals surface area contributed by atoms with E-state index < -0.39 is 0 Å². The van der Waals surface area contributed by atoms with Gasteiger partial charge in [-0.05, 0) is 39.0 Å². The largest absolute Gasteiger partial charge is 0.496 e. The zero-order valence-corrected chi connectivity index (χ0v) is 18.2. The third-order valence-electron chi connectivity index (χ3n) is 6.22. The minimum absolute atomic E-state index is 0.0210. The summed E-state index contributed by atoms with van der Waals surface area (Å²) >= 11 is 0. The van der Waals surface area contributed by atoms with E-state index in [2.05, 4.69) is 39.5 Å². The molecule has 0 fully saturated rings. The number of hydrogen-bond acceptors (Lipinski definition) is 7. The van der Waals surface area contributed by atoms with Crippen LogP contribution < -0.4 is 4.74 Å². The second-order valence-corrected chi connectivity index (χ2v) is 8.19. The molecule has 0 saturated heterocycles. The number of ether oxygens (including phenoxy) is 1. The Morgan fingerprint density at radius 3 is 2.78 bits per heavy atom. The van der Waals surface area contributed by atoms with E-state index >= 15 is 0 Å². The maximum Gasteiger partial charge on any atom is 0.142 e. The van der Waals surface area contributed by atoms with Gasteiger partial charge in [-0.3, -0.25) is 5.01 Å². The molecule has 2 unspecified atom stereocenters. The highest BCUT2D eigenvalue weighted by atomic mass is 16.5. The molecule has 0 bridgehead atoms. The molecular formula is C24H22N6O2. The molecule has 1 aromatic carbocycles. The Morgan fingerprint density at radius 1 is 1.12 bits per heavy atom. The summed E-state index contributed by atoms with van der Waals surface area (Å²) in [7, 11) is 1.68. The number of hydrazone groups is 1. The van der Waals surface area contributed by atoms with Crippen LogP contribution in [0.4, 0.5) is 0 Å². The van der Waals surface area contributed by atoms with Crippen LogP contribution in [0.3, 0.4) is 0 Å². The fourth-order valence-electron chi connectivity index (χ4n) is 4.81. The highest BCUT2D eigenvalue weighted by molar-refractivity contribution is 6.10. The van der Waals surface area contributed by atoms with Gasteiger partial charge >= 0.3 is 0 Å². The van der Waals surface area contributed by atoms with Crippen LogP contribution in [-0.4, -0.2) is 44.5 Å². The molecule has 5 heterocycles. The number of rotatable bonds is 3. The predicted octanol–water partition coefficient (Wildman–Crippen LogP) is 4.54. The van der Waals surface area contributed by atoms with Gasteiger partial charge in [-0.25, -0.2) is 9.97 Å². The lowest BCUT2D eigenvalue weighted by Gasteiger charge is -2.24. The molecule has 3 aromatic heterocycles. The van der Waals surface area contributed by atoms with Gasteiger partial charge < -0.3 is 14.2 Å². The number of allylic oxidation sites excluding steroid dienone is 2. The number of hydrogen-bond donors (Lipinski definition) is 1. The van der Waals surface area contributed by atoms with E-state index in [9.17, 15) is 0 Å². The quantitative estimate of drug-likeness (QED) is 0.517. The van der Waals surface area contributed by atoms with E-state index in [-0.39, 0.29) is 12.0 Å². The Bertz CT molecular complexity index is 1460. The lowest BCUT2D eigenvalue weighted by atomic mass is 9.93. The summed E-state index contributed by atoms with van der Waals surface area (Å²) in [6, 6.07) is 4.24. The number of aromatic nitrogens is 4. The summed E-state index contributed by atoms with van der Waals surface area (Å²) < 4.78 is 11.2. The molecule has 6 rings (SSSR count). The van der Waals surface area contributed by atoms with E-state index in [1.165, 1.54) is 0 Å². The van der Waals surface area contributed by atoms with Crippen LogP contribution in [0, 0.1) is 20.8 Å². The van der Waals surface area contributed by atoms with Gasteiger partial charge in [0.2, 0.25) is 0 Å². The monoisotopic (exact) mass is 426 g/mol. The van der Waals surface area contributed by atoms with Crippen molar-refractivity contribution in [1.29, 1.82) is 0 Å². The van der Waals surface area contributed by atoms with Crippen molar-refractivity contribution >= 4 is 28.2 Å². The van der Waals surface area contributed by atoms with Crippen molar-refractivity contribution in [1.82, 2.24) is 25.1 Å². The van der Waals surface area contributed by atoms with Crippen LogP contribution in [0.15, 0.2) is 46.2 Å². The molecule has 8 heteroatoms. The second-order valence-electron chi connectivity index (χ2n) is 8.19. The fraction of sp³-hybridized carbons (Fsp3) is 0.250. The van der Waals surface area contributed by atoms with Gasteiger partial charge in [0.1, 0.15) is 23.0 Å². The molecule has 0 radical (unpaired) electrons. The first-order valence-electron chi connectivity index (χ1n) is 10.5. The maximum absolute atomic E-state index is 5.80. The highest BCUT2D eigenvalue weighted by Gasteiger charge is 2.33. The average molecular weight is 426 g/mol. The smallest absolute Gasteiger partial charge is 0.142 e. The summed E-state index contributed by atoms with van der Waals surface area (Å²) in [6.45, 7) is 5.77. The van der Waals surface area contributed by atoms with Crippen LogP contribution in [0.5, 0.6) is 5.75 Å². The van der Waals surface area contributed by atoms with Crippen molar-refractivity contribution in [2.24, 2.45) is 5.10 Å². The topological polar surface area (TPSA) is 92.4 Å². The van der Waals surface area contributed by atoms with Gasteiger partial charge in [0.05, 0.1) is 36.0 Å². The normalized spacial score (nSPS) is 19.4. The predicted molar refractivity (Wildman–Crippen MR) is 123 cm³/mol. The van der Waals surface area contributed by atoms with E-state index in [1.54, 1.807) is 7.11 Å². The van der Waals surface area contributed by atoms with Crippen LogP contribution in [0.2, 0.25) is 0 Å². The Hall–Kier alpha value is -3.94. The van der Waals surface area contributed by atoms with Gasteiger partial charge in [-0.15, -0.1) is 0 Å². The zero-order chi connectivity index (χ0) is 22.0. The summed E-state index contributed by atoms with van der Waals surface area (Å²) in [5.74, 6) is 2.25. The fourth-order valence-corrected chi connectivity index (χ4v) is 4.81. The molecule has 8 nitrogen and oxygen atoms in total. The van der Waals surface area contributed by atoms with Gasteiger partial charge in [0.15, 0.2) is 0 Å². The van der Waals surface area contributed by atoms with Crippen molar-refractivity contribution in [3.63, 3.8) is 0 Å². The molecule has 160 valence electrons. The Morgan fingerprint density at radius 2 is 2.00 bits per heavy atom. The molecular weight excluding hydrogens is 404 g/mol. The first kappa shape index (κ1) is 18.8. The van der Waals surface area contributed by atoms with Crippen LogP contribution in [0.1, 0.15) is 28.9 Å². The third kappa shape index (κ3) is 2.62. The van der Waals surface area contributed by atoms with Gasteiger partial charge in [-0.2, -0.15) is 5.10 Å². The lowest BCUT2D eigenvalue weighted by Crippen LogP contribution is -2.27.